The molecule has 0 N–H and O–H groups in total. The van der Waals surface area contributed by atoms with Gasteiger partial charge in [0, 0.05) is 18.3 Å². The quantitative estimate of drug-likeness (QED) is 0.740. The highest BCUT2D eigenvalue weighted by atomic mass is 35.5. The maximum Gasteiger partial charge on any atom is 0.150 e. The summed E-state index contributed by atoms with van der Waals surface area (Å²) in [6.45, 7) is 1.67. The van der Waals surface area contributed by atoms with Gasteiger partial charge in [-0.3, -0.25) is 4.57 Å². The summed E-state index contributed by atoms with van der Waals surface area (Å²) >= 11 is 5.53. The monoisotopic (exact) mass is 242 g/mol. The lowest BCUT2D eigenvalue weighted by Gasteiger charge is -2.09. The van der Waals surface area contributed by atoms with Crippen LogP contribution in [0.4, 0.5) is 8.78 Å². The second kappa shape index (κ2) is 4.22. The molecule has 1 heterocycles. The Morgan fingerprint density at radius 1 is 1.31 bits per heavy atom. The van der Waals surface area contributed by atoms with E-state index >= 15 is 0 Å². The summed E-state index contributed by atoms with van der Waals surface area (Å²) in [5.41, 5.74) is 0.294. The second-order valence-corrected chi connectivity index (χ2v) is 3.65. The average molecular weight is 243 g/mol. The summed E-state index contributed by atoms with van der Waals surface area (Å²) in [6, 6.07) is 2.45. The van der Waals surface area contributed by atoms with E-state index in [0.29, 0.717) is 11.4 Å². The molecule has 0 saturated heterocycles. The SMILES string of the molecule is Cc1nccn1-c1c(F)cc(CCl)cc1F. The number of hydrogen-bond donors (Lipinski definition) is 0. The van der Waals surface area contributed by atoms with Crippen LogP contribution in [0.15, 0.2) is 24.5 Å². The van der Waals surface area contributed by atoms with E-state index in [2.05, 4.69) is 4.98 Å². The standard InChI is InChI=1S/C11H9ClF2N2/c1-7-15-2-3-16(7)11-9(13)4-8(6-12)5-10(11)14/h2-5H,6H2,1H3. The fraction of sp³-hybridized carbons (Fsp3) is 0.182. The molecule has 0 aliphatic heterocycles. The van der Waals surface area contributed by atoms with Gasteiger partial charge in [0.2, 0.25) is 0 Å². The molecule has 2 rings (SSSR count). The van der Waals surface area contributed by atoms with E-state index in [4.69, 9.17) is 11.6 Å². The Morgan fingerprint density at radius 3 is 2.38 bits per heavy atom. The van der Waals surface area contributed by atoms with Crippen LogP contribution in [0.5, 0.6) is 0 Å². The molecule has 0 radical (unpaired) electrons. The van der Waals surface area contributed by atoms with E-state index in [-0.39, 0.29) is 11.6 Å². The topological polar surface area (TPSA) is 17.8 Å². The second-order valence-electron chi connectivity index (χ2n) is 3.39. The van der Waals surface area contributed by atoms with Gasteiger partial charge in [-0.1, -0.05) is 0 Å². The van der Waals surface area contributed by atoms with Crippen LogP contribution < -0.4 is 0 Å². The number of aryl methyl sites for hydroxylation is 1. The van der Waals surface area contributed by atoms with E-state index < -0.39 is 11.6 Å². The molecule has 0 bridgehead atoms. The van der Waals surface area contributed by atoms with Gasteiger partial charge in [-0.25, -0.2) is 13.8 Å². The van der Waals surface area contributed by atoms with Crippen molar-refractivity contribution in [1.82, 2.24) is 9.55 Å². The van der Waals surface area contributed by atoms with Gasteiger partial charge in [0.25, 0.3) is 0 Å². The molecule has 0 spiro atoms. The van der Waals surface area contributed by atoms with Crippen LogP contribution in [0.25, 0.3) is 5.69 Å². The highest BCUT2D eigenvalue weighted by Gasteiger charge is 2.14. The number of rotatable bonds is 2. The summed E-state index contributed by atoms with van der Waals surface area (Å²) < 4.78 is 28.8. The summed E-state index contributed by atoms with van der Waals surface area (Å²) in [4.78, 5) is 3.92. The van der Waals surface area contributed by atoms with Gasteiger partial charge in [0.1, 0.15) is 11.5 Å². The zero-order valence-electron chi connectivity index (χ0n) is 8.54. The van der Waals surface area contributed by atoms with Crippen molar-refractivity contribution >= 4 is 11.6 Å². The minimum Gasteiger partial charge on any atom is -0.299 e. The maximum absolute atomic E-state index is 13.7. The highest BCUT2D eigenvalue weighted by Crippen LogP contribution is 2.21. The maximum atomic E-state index is 13.7. The number of halogens is 3. The number of hydrogen-bond acceptors (Lipinski definition) is 1. The zero-order chi connectivity index (χ0) is 11.7. The Hall–Kier alpha value is -1.42. The van der Waals surface area contributed by atoms with E-state index in [1.807, 2.05) is 0 Å². The fourth-order valence-corrected chi connectivity index (χ4v) is 1.69. The average Bonchev–Trinajstić information content (AvgIpc) is 2.64. The first-order chi connectivity index (χ1) is 7.63. The number of nitrogens with zero attached hydrogens (tertiary/aromatic N) is 2. The predicted octanol–water partition coefficient (Wildman–Crippen LogP) is 3.20. The molecule has 84 valence electrons. The third-order valence-corrected chi connectivity index (χ3v) is 2.61. The summed E-state index contributed by atoms with van der Waals surface area (Å²) in [6.07, 6.45) is 3.00. The summed E-state index contributed by atoms with van der Waals surface area (Å²) in [5.74, 6) is -0.679. The smallest absolute Gasteiger partial charge is 0.150 e. The molecule has 0 aliphatic rings. The molecule has 0 aliphatic carbocycles. The van der Waals surface area contributed by atoms with Gasteiger partial charge in [0.05, 0.1) is 0 Å². The van der Waals surface area contributed by atoms with Crippen molar-refractivity contribution in [3.05, 3.63) is 47.5 Å². The molecule has 2 nitrogen and oxygen atoms in total. The lowest BCUT2D eigenvalue weighted by atomic mass is 10.2. The molecule has 16 heavy (non-hydrogen) atoms. The first-order valence-electron chi connectivity index (χ1n) is 4.67. The molecule has 1 aromatic carbocycles. The van der Waals surface area contributed by atoms with Gasteiger partial charge >= 0.3 is 0 Å². The zero-order valence-corrected chi connectivity index (χ0v) is 9.30. The Kier molecular flexibility index (Phi) is 2.92. The van der Waals surface area contributed by atoms with Gasteiger partial charge in [0.15, 0.2) is 11.6 Å². The third-order valence-electron chi connectivity index (χ3n) is 2.30. The number of aromatic nitrogens is 2. The number of imidazole rings is 1. The van der Waals surface area contributed by atoms with Crippen LogP contribution in [0.3, 0.4) is 0 Å². The van der Waals surface area contributed by atoms with Crippen LogP contribution in [0.1, 0.15) is 11.4 Å². The molecule has 0 atom stereocenters. The highest BCUT2D eigenvalue weighted by molar-refractivity contribution is 6.17. The lowest BCUT2D eigenvalue weighted by molar-refractivity contribution is 0.565. The van der Waals surface area contributed by atoms with Crippen molar-refractivity contribution in [3.63, 3.8) is 0 Å². The van der Waals surface area contributed by atoms with Gasteiger partial charge in [-0.05, 0) is 24.6 Å². The summed E-state index contributed by atoms with van der Waals surface area (Å²) in [7, 11) is 0. The van der Waals surface area contributed by atoms with Crippen molar-refractivity contribution < 1.29 is 8.78 Å². The molecule has 0 amide bonds. The van der Waals surface area contributed by atoms with Gasteiger partial charge in [-0.15, -0.1) is 11.6 Å². The summed E-state index contributed by atoms with van der Waals surface area (Å²) in [5, 5.41) is 0. The molecule has 0 fully saturated rings. The van der Waals surface area contributed by atoms with E-state index in [1.165, 1.54) is 29.1 Å². The largest absolute Gasteiger partial charge is 0.299 e. The first-order valence-corrected chi connectivity index (χ1v) is 5.21. The van der Waals surface area contributed by atoms with E-state index in [0.717, 1.165) is 0 Å². The van der Waals surface area contributed by atoms with Crippen molar-refractivity contribution in [2.24, 2.45) is 0 Å². The van der Waals surface area contributed by atoms with Gasteiger partial charge < -0.3 is 0 Å². The molecule has 2 aromatic rings. The van der Waals surface area contributed by atoms with Crippen LogP contribution in [-0.2, 0) is 5.88 Å². The Bertz CT molecular complexity index is 499. The van der Waals surface area contributed by atoms with Crippen LogP contribution in [-0.4, -0.2) is 9.55 Å². The van der Waals surface area contributed by atoms with E-state index in [1.54, 1.807) is 6.92 Å². The minimum absolute atomic E-state index is 0.0804. The first kappa shape index (κ1) is 11.1. The molecule has 0 saturated carbocycles. The minimum atomic E-state index is -0.642. The Morgan fingerprint density at radius 2 is 1.94 bits per heavy atom. The normalized spacial score (nSPS) is 10.8. The van der Waals surface area contributed by atoms with Crippen molar-refractivity contribution in [3.8, 4) is 5.69 Å². The van der Waals surface area contributed by atoms with Crippen LogP contribution in [0.2, 0.25) is 0 Å². The molecular formula is C11H9ClF2N2. The Labute approximate surface area is 96.5 Å². The fourth-order valence-electron chi connectivity index (χ4n) is 1.54. The molecular weight excluding hydrogens is 234 g/mol. The lowest BCUT2D eigenvalue weighted by Crippen LogP contribution is -2.03. The molecule has 5 heteroatoms. The third kappa shape index (κ3) is 1.80. The number of alkyl halides is 1. The van der Waals surface area contributed by atoms with E-state index in [9.17, 15) is 8.78 Å². The van der Waals surface area contributed by atoms with Crippen molar-refractivity contribution in [2.45, 2.75) is 12.8 Å². The van der Waals surface area contributed by atoms with Crippen molar-refractivity contribution in [2.75, 3.05) is 0 Å². The number of benzene rings is 1. The predicted molar refractivity (Wildman–Crippen MR) is 57.8 cm³/mol. The van der Waals surface area contributed by atoms with Crippen molar-refractivity contribution in [1.29, 1.82) is 0 Å². The Balaban J connectivity index is 2.62. The van der Waals surface area contributed by atoms with Gasteiger partial charge in [-0.2, -0.15) is 0 Å². The van der Waals surface area contributed by atoms with Crippen LogP contribution >= 0.6 is 11.6 Å². The molecule has 0 unspecified atom stereocenters. The molecule has 1 aromatic heterocycles. The van der Waals surface area contributed by atoms with Crippen LogP contribution in [0, 0.1) is 18.6 Å².